The molecule has 1 aliphatic carbocycles. The SMILES string of the molecule is CC(C)(C)N[C@H]1c2ccc(I)cc2C[C@@H]1c1ccccc1. The Kier molecular flexibility index (Phi) is 4.10. The predicted molar refractivity (Wildman–Crippen MR) is 97.7 cm³/mol. The van der Waals surface area contributed by atoms with E-state index in [1.54, 1.807) is 0 Å². The molecule has 2 aromatic carbocycles. The zero-order valence-corrected chi connectivity index (χ0v) is 15.0. The first-order valence-corrected chi connectivity index (χ1v) is 8.63. The van der Waals surface area contributed by atoms with Gasteiger partial charge in [0.2, 0.25) is 0 Å². The van der Waals surface area contributed by atoms with Gasteiger partial charge in [0.15, 0.2) is 0 Å². The second-order valence-electron chi connectivity index (χ2n) is 6.94. The van der Waals surface area contributed by atoms with Crippen molar-refractivity contribution >= 4 is 22.6 Å². The Hall–Kier alpha value is -0.870. The fraction of sp³-hybridized carbons (Fsp3) is 0.368. The predicted octanol–water partition coefficient (Wildman–Crippen LogP) is 5.06. The minimum absolute atomic E-state index is 0.113. The summed E-state index contributed by atoms with van der Waals surface area (Å²) in [5.41, 5.74) is 4.52. The van der Waals surface area contributed by atoms with Gasteiger partial charge in [0, 0.05) is 21.1 Å². The van der Waals surface area contributed by atoms with E-state index in [-0.39, 0.29) is 5.54 Å². The van der Waals surface area contributed by atoms with Crippen molar-refractivity contribution in [1.82, 2.24) is 5.32 Å². The second kappa shape index (κ2) is 5.73. The maximum Gasteiger partial charge on any atom is 0.0399 e. The van der Waals surface area contributed by atoms with Gasteiger partial charge in [0.1, 0.15) is 0 Å². The van der Waals surface area contributed by atoms with Crippen LogP contribution >= 0.6 is 22.6 Å². The third-order valence-corrected chi connectivity index (χ3v) is 4.77. The average Bonchev–Trinajstić information content (AvgIpc) is 2.76. The lowest BCUT2D eigenvalue weighted by molar-refractivity contribution is 0.340. The summed E-state index contributed by atoms with van der Waals surface area (Å²) in [6.07, 6.45) is 1.13. The molecule has 0 aliphatic heterocycles. The third kappa shape index (κ3) is 3.32. The van der Waals surface area contributed by atoms with Gasteiger partial charge in [-0.05, 0) is 78.6 Å². The van der Waals surface area contributed by atoms with E-state index in [9.17, 15) is 0 Å². The molecule has 0 saturated carbocycles. The zero-order chi connectivity index (χ0) is 15.0. The first-order chi connectivity index (χ1) is 9.94. The highest BCUT2D eigenvalue weighted by molar-refractivity contribution is 14.1. The summed E-state index contributed by atoms with van der Waals surface area (Å²) in [5, 5.41) is 3.84. The Bertz CT molecular complexity index is 628. The second-order valence-corrected chi connectivity index (χ2v) is 8.18. The Balaban J connectivity index is 2.01. The van der Waals surface area contributed by atoms with Crippen molar-refractivity contribution in [3.63, 3.8) is 0 Å². The first-order valence-electron chi connectivity index (χ1n) is 7.55. The molecule has 1 nitrogen and oxygen atoms in total. The molecule has 3 rings (SSSR count). The quantitative estimate of drug-likeness (QED) is 0.706. The van der Waals surface area contributed by atoms with Gasteiger partial charge in [-0.2, -0.15) is 0 Å². The number of nitrogens with one attached hydrogen (secondary N) is 1. The van der Waals surface area contributed by atoms with E-state index in [4.69, 9.17) is 0 Å². The molecule has 21 heavy (non-hydrogen) atoms. The molecule has 0 fully saturated rings. The van der Waals surface area contributed by atoms with Gasteiger partial charge in [0.25, 0.3) is 0 Å². The molecule has 1 aliphatic rings. The minimum atomic E-state index is 0.113. The van der Waals surface area contributed by atoms with Gasteiger partial charge in [-0.1, -0.05) is 36.4 Å². The summed E-state index contributed by atoms with van der Waals surface area (Å²) < 4.78 is 1.33. The maximum atomic E-state index is 3.84. The molecule has 0 unspecified atom stereocenters. The first kappa shape index (κ1) is 15.0. The smallest absolute Gasteiger partial charge is 0.0399 e. The molecule has 1 N–H and O–H groups in total. The van der Waals surface area contributed by atoms with Gasteiger partial charge >= 0.3 is 0 Å². The number of hydrogen-bond donors (Lipinski definition) is 1. The lowest BCUT2D eigenvalue weighted by Crippen LogP contribution is -2.40. The topological polar surface area (TPSA) is 12.0 Å². The van der Waals surface area contributed by atoms with Crippen LogP contribution in [-0.4, -0.2) is 5.54 Å². The van der Waals surface area contributed by atoms with E-state index in [1.165, 1.54) is 20.3 Å². The number of fused-ring (bicyclic) bond motifs is 1. The van der Waals surface area contributed by atoms with E-state index in [2.05, 4.69) is 97.2 Å². The molecule has 2 heteroatoms. The summed E-state index contributed by atoms with van der Waals surface area (Å²) in [6.45, 7) is 6.75. The molecule has 0 spiro atoms. The Labute approximate surface area is 141 Å². The highest BCUT2D eigenvalue weighted by Crippen LogP contribution is 2.43. The Morgan fingerprint density at radius 3 is 2.43 bits per heavy atom. The van der Waals surface area contributed by atoms with E-state index in [1.807, 2.05) is 0 Å². The minimum Gasteiger partial charge on any atom is -0.305 e. The lowest BCUT2D eigenvalue weighted by atomic mass is 9.90. The molecule has 0 radical (unpaired) electrons. The number of rotatable bonds is 2. The lowest BCUT2D eigenvalue weighted by Gasteiger charge is -2.31. The van der Waals surface area contributed by atoms with Crippen LogP contribution in [0.25, 0.3) is 0 Å². The van der Waals surface area contributed by atoms with Crippen LogP contribution in [0.4, 0.5) is 0 Å². The van der Waals surface area contributed by atoms with Crippen LogP contribution in [0, 0.1) is 3.57 Å². The zero-order valence-electron chi connectivity index (χ0n) is 12.9. The molecule has 2 atom stereocenters. The van der Waals surface area contributed by atoms with Crippen LogP contribution in [0.1, 0.15) is 49.4 Å². The number of benzene rings is 2. The average molecular weight is 391 g/mol. The summed E-state index contributed by atoms with van der Waals surface area (Å²) in [7, 11) is 0. The number of hydrogen-bond acceptors (Lipinski definition) is 1. The van der Waals surface area contributed by atoms with E-state index in [0.717, 1.165) is 6.42 Å². The van der Waals surface area contributed by atoms with Crippen LogP contribution < -0.4 is 5.32 Å². The molecule has 110 valence electrons. The van der Waals surface area contributed by atoms with Gasteiger partial charge < -0.3 is 5.32 Å². The molecule has 0 heterocycles. The van der Waals surface area contributed by atoms with Crippen LogP contribution in [-0.2, 0) is 6.42 Å². The van der Waals surface area contributed by atoms with Crippen LogP contribution in [0.3, 0.4) is 0 Å². The van der Waals surface area contributed by atoms with Crippen molar-refractivity contribution in [2.45, 2.75) is 44.7 Å². The monoisotopic (exact) mass is 391 g/mol. The molecule has 0 bridgehead atoms. The highest BCUT2D eigenvalue weighted by atomic mass is 127. The van der Waals surface area contributed by atoms with E-state index in [0.29, 0.717) is 12.0 Å². The van der Waals surface area contributed by atoms with Crippen molar-refractivity contribution in [2.24, 2.45) is 0 Å². The molecule has 0 aromatic heterocycles. The number of halogens is 1. The van der Waals surface area contributed by atoms with E-state index >= 15 is 0 Å². The van der Waals surface area contributed by atoms with Crippen LogP contribution in [0.5, 0.6) is 0 Å². The fourth-order valence-electron chi connectivity index (χ4n) is 3.28. The molecule has 0 amide bonds. The fourth-order valence-corrected chi connectivity index (χ4v) is 3.84. The van der Waals surface area contributed by atoms with Crippen molar-refractivity contribution in [3.8, 4) is 0 Å². The Morgan fingerprint density at radius 2 is 1.76 bits per heavy atom. The van der Waals surface area contributed by atoms with Crippen molar-refractivity contribution in [1.29, 1.82) is 0 Å². The summed E-state index contributed by atoms with van der Waals surface area (Å²) >= 11 is 2.41. The molecule has 0 saturated heterocycles. The standard InChI is InChI=1S/C19H22IN/c1-19(2,3)21-18-16-10-9-15(20)11-14(16)12-17(18)13-7-5-4-6-8-13/h4-11,17-18,21H,12H2,1-3H3/t17-,18+/m1/s1. The maximum absolute atomic E-state index is 3.84. The van der Waals surface area contributed by atoms with Crippen LogP contribution in [0.15, 0.2) is 48.5 Å². The van der Waals surface area contributed by atoms with Crippen molar-refractivity contribution in [3.05, 3.63) is 68.8 Å². The van der Waals surface area contributed by atoms with Gasteiger partial charge in [-0.15, -0.1) is 0 Å². The summed E-state index contributed by atoms with van der Waals surface area (Å²) in [6, 6.07) is 18.2. The normalized spacial score (nSPS) is 21.3. The summed E-state index contributed by atoms with van der Waals surface area (Å²) in [4.78, 5) is 0. The Morgan fingerprint density at radius 1 is 1.05 bits per heavy atom. The summed E-state index contributed by atoms with van der Waals surface area (Å²) in [5.74, 6) is 0.527. The van der Waals surface area contributed by atoms with Gasteiger partial charge in [0.05, 0.1) is 0 Å². The molecular formula is C19H22IN. The van der Waals surface area contributed by atoms with Gasteiger partial charge in [-0.25, -0.2) is 0 Å². The molecule has 2 aromatic rings. The van der Waals surface area contributed by atoms with E-state index < -0.39 is 0 Å². The van der Waals surface area contributed by atoms with Crippen molar-refractivity contribution < 1.29 is 0 Å². The highest BCUT2D eigenvalue weighted by Gasteiger charge is 2.35. The van der Waals surface area contributed by atoms with Crippen LogP contribution in [0.2, 0.25) is 0 Å². The van der Waals surface area contributed by atoms with Gasteiger partial charge in [-0.3, -0.25) is 0 Å². The van der Waals surface area contributed by atoms with Crippen molar-refractivity contribution in [2.75, 3.05) is 0 Å². The molecular weight excluding hydrogens is 369 g/mol. The third-order valence-electron chi connectivity index (χ3n) is 4.10. The largest absolute Gasteiger partial charge is 0.305 e.